The van der Waals surface area contributed by atoms with E-state index in [1.807, 2.05) is 11.4 Å². The molecule has 0 amide bonds. The maximum atomic E-state index is 5.55. The van der Waals surface area contributed by atoms with Crippen molar-refractivity contribution in [2.75, 3.05) is 32.7 Å². The molecule has 0 aromatic carbocycles. The molecule has 2 aromatic rings. The van der Waals surface area contributed by atoms with Crippen LogP contribution in [0.1, 0.15) is 5.82 Å². The van der Waals surface area contributed by atoms with Crippen LogP contribution in [0.15, 0.2) is 11.4 Å². The Labute approximate surface area is 127 Å². The maximum Gasteiger partial charge on any atom is 0.152 e. The summed E-state index contributed by atoms with van der Waals surface area (Å²) in [7, 11) is 3.43. The number of hydrogen-bond acceptors (Lipinski definition) is 8. The molecule has 3 rings (SSSR count). The molecular weight excluding hydrogens is 290 g/mol. The Morgan fingerprint density at radius 3 is 2.67 bits per heavy atom. The monoisotopic (exact) mass is 309 g/mol. The molecule has 8 heteroatoms. The van der Waals surface area contributed by atoms with Crippen LogP contribution in [0.3, 0.4) is 0 Å². The molecule has 114 valence electrons. The molecular formula is C13H19N5O2S. The van der Waals surface area contributed by atoms with Gasteiger partial charge in [-0.05, 0) is 11.4 Å². The van der Waals surface area contributed by atoms with Gasteiger partial charge in [0.15, 0.2) is 5.82 Å². The van der Waals surface area contributed by atoms with E-state index < -0.39 is 0 Å². The van der Waals surface area contributed by atoms with Crippen molar-refractivity contribution in [3.63, 3.8) is 0 Å². The summed E-state index contributed by atoms with van der Waals surface area (Å²) >= 11 is 1.58. The standard InChI is InChI=1S/C13H19N5O2S/c1-19-9-5-18(6-10(9)20-2)7-11-15-12(17-14)8-3-4-21-13(8)16-11/h3-4,9-10H,5-7,14H2,1-2H3,(H,15,16,17). The van der Waals surface area contributed by atoms with Gasteiger partial charge in [0.05, 0.1) is 24.1 Å². The summed E-state index contributed by atoms with van der Waals surface area (Å²) in [5, 5.41) is 2.94. The number of hydrogen-bond donors (Lipinski definition) is 2. The first-order valence-electron chi connectivity index (χ1n) is 6.73. The molecule has 1 aliphatic heterocycles. The Morgan fingerprint density at radius 2 is 2.05 bits per heavy atom. The first-order chi connectivity index (χ1) is 10.2. The van der Waals surface area contributed by atoms with E-state index in [1.54, 1.807) is 25.6 Å². The zero-order chi connectivity index (χ0) is 14.8. The van der Waals surface area contributed by atoms with Gasteiger partial charge in [0.25, 0.3) is 0 Å². The van der Waals surface area contributed by atoms with Gasteiger partial charge in [0.2, 0.25) is 0 Å². The fraction of sp³-hybridized carbons (Fsp3) is 0.538. The van der Waals surface area contributed by atoms with Crippen molar-refractivity contribution in [3.05, 3.63) is 17.3 Å². The zero-order valence-corrected chi connectivity index (χ0v) is 12.9. The number of fused-ring (bicyclic) bond motifs is 1. The highest BCUT2D eigenvalue weighted by molar-refractivity contribution is 7.16. The molecule has 2 unspecified atom stereocenters. The minimum atomic E-state index is 0.0903. The topological polar surface area (TPSA) is 85.5 Å². The number of hydrazine groups is 1. The molecule has 2 atom stereocenters. The summed E-state index contributed by atoms with van der Waals surface area (Å²) in [4.78, 5) is 12.3. The lowest BCUT2D eigenvalue weighted by molar-refractivity contribution is -0.00461. The Hall–Kier alpha value is -1.32. The number of nitrogens with zero attached hydrogens (tertiary/aromatic N) is 3. The summed E-state index contributed by atoms with van der Waals surface area (Å²) in [5.41, 5.74) is 2.65. The second-order valence-electron chi connectivity index (χ2n) is 5.01. The third-order valence-corrected chi connectivity index (χ3v) is 4.58. The predicted molar refractivity (Wildman–Crippen MR) is 82.1 cm³/mol. The second kappa shape index (κ2) is 6.20. The van der Waals surface area contributed by atoms with Crippen molar-refractivity contribution >= 4 is 27.4 Å². The first kappa shape index (κ1) is 14.6. The number of anilines is 1. The summed E-state index contributed by atoms with van der Waals surface area (Å²) < 4.78 is 10.9. The molecule has 0 spiro atoms. The minimum absolute atomic E-state index is 0.0903. The van der Waals surface area contributed by atoms with Crippen LogP contribution in [-0.4, -0.2) is 54.4 Å². The predicted octanol–water partition coefficient (Wildman–Crippen LogP) is 0.823. The first-order valence-corrected chi connectivity index (χ1v) is 7.61. The highest BCUT2D eigenvalue weighted by Crippen LogP contribution is 2.25. The van der Waals surface area contributed by atoms with Gasteiger partial charge in [0, 0.05) is 27.3 Å². The van der Waals surface area contributed by atoms with Crippen LogP contribution in [0, 0.1) is 0 Å². The van der Waals surface area contributed by atoms with Gasteiger partial charge in [0.1, 0.15) is 10.7 Å². The summed E-state index contributed by atoms with van der Waals surface area (Å²) in [6, 6.07) is 1.97. The molecule has 1 fully saturated rings. The van der Waals surface area contributed by atoms with Crippen molar-refractivity contribution in [1.82, 2.24) is 14.9 Å². The van der Waals surface area contributed by atoms with E-state index in [1.165, 1.54) is 0 Å². The van der Waals surface area contributed by atoms with Crippen molar-refractivity contribution < 1.29 is 9.47 Å². The van der Waals surface area contributed by atoms with E-state index in [4.69, 9.17) is 15.3 Å². The van der Waals surface area contributed by atoms with Gasteiger partial charge in [-0.1, -0.05) is 0 Å². The maximum absolute atomic E-state index is 5.55. The third-order valence-electron chi connectivity index (χ3n) is 3.77. The van der Waals surface area contributed by atoms with Crippen LogP contribution in [0.25, 0.3) is 10.2 Å². The summed E-state index contributed by atoms with van der Waals surface area (Å²) in [5.74, 6) is 6.97. The van der Waals surface area contributed by atoms with E-state index in [0.29, 0.717) is 12.4 Å². The van der Waals surface area contributed by atoms with E-state index >= 15 is 0 Å². The molecule has 0 aliphatic carbocycles. The van der Waals surface area contributed by atoms with Crippen LogP contribution in [0.2, 0.25) is 0 Å². The average molecular weight is 309 g/mol. The Bertz CT molecular complexity index is 608. The van der Waals surface area contributed by atoms with Gasteiger partial charge in [-0.15, -0.1) is 11.3 Å². The molecule has 1 saturated heterocycles. The highest BCUT2D eigenvalue weighted by atomic mass is 32.1. The Balaban J connectivity index is 1.79. The molecule has 0 saturated carbocycles. The van der Waals surface area contributed by atoms with E-state index in [2.05, 4.69) is 20.3 Å². The van der Waals surface area contributed by atoms with Crippen LogP contribution in [-0.2, 0) is 16.0 Å². The normalized spacial score (nSPS) is 23.0. The van der Waals surface area contributed by atoms with Crippen molar-refractivity contribution in [1.29, 1.82) is 0 Å². The lowest BCUT2D eigenvalue weighted by atomic mass is 10.3. The van der Waals surface area contributed by atoms with Crippen LogP contribution < -0.4 is 11.3 Å². The zero-order valence-electron chi connectivity index (χ0n) is 12.1. The molecule has 1 aliphatic rings. The molecule has 0 radical (unpaired) electrons. The lowest BCUT2D eigenvalue weighted by Crippen LogP contribution is -2.27. The van der Waals surface area contributed by atoms with Gasteiger partial charge >= 0.3 is 0 Å². The minimum Gasteiger partial charge on any atom is -0.377 e. The number of nitrogens with one attached hydrogen (secondary N) is 1. The Kier molecular flexibility index (Phi) is 4.32. The van der Waals surface area contributed by atoms with E-state index in [9.17, 15) is 0 Å². The number of ether oxygens (including phenoxy) is 2. The number of rotatable bonds is 5. The molecule has 3 heterocycles. The number of thiophene rings is 1. The lowest BCUT2D eigenvalue weighted by Gasteiger charge is -2.14. The summed E-state index contributed by atoms with van der Waals surface area (Å²) in [6.45, 7) is 2.28. The smallest absolute Gasteiger partial charge is 0.152 e. The van der Waals surface area contributed by atoms with Gasteiger partial charge < -0.3 is 14.9 Å². The summed E-state index contributed by atoms with van der Waals surface area (Å²) in [6.07, 6.45) is 0.181. The number of aromatic nitrogens is 2. The number of likely N-dealkylation sites (tertiary alicyclic amines) is 1. The van der Waals surface area contributed by atoms with Gasteiger partial charge in [-0.3, -0.25) is 4.90 Å². The third kappa shape index (κ3) is 2.85. The van der Waals surface area contributed by atoms with E-state index in [-0.39, 0.29) is 12.2 Å². The largest absolute Gasteiger partial charge is 0.377 e. The second-order valence-corrected chi connectivity index (χ2v) is 5.91. The van der Waals surface area contributed by atoms with Crippen LogP contribution >= 0.6 is 11.3 Å². The molecule has 3 N–H and O–H groups in total. The highest BCUT2D eigenvalue weighted by Gasteiger charge is 2.33. The fourth-order valence-corrected chi connectivity index (χ4v) is 3.46. The van der Waals surface area contributed by atoms with Crippen LogP contribution in [0.5, 0.6) is 0 Å². The SMILES string of the molecule is COC1CN(Cc2nc(NN)c3ccsc3n2)CC1OC. The molecule has 2 aromatic heterocycles. The van der Waals surface area contributed by atoms with Crippen molar-refractivity contribution in [2.24, 2.45) is 5.84 Å². The average Bonchev–Trinajstić information content (AvgIpc) is 3.12. The van der Waals surface area contributed by atoms with Gasteiger partial charge in [-0.25, -0.2) is 15.8 Å². The molecule has 0 bridgehead atoms. The number of nitrogen functional groups attached to an aromatic ring is 1. The van der Waals surface area contributed by atoms with Crippen molar-refractivity contribution in [3.8, 4) is 0 Å². The number of nitrogens with two attached hydrogens (primary N) is 1. The fourth-order valence-electron chi connectivity index (χ4n) is 2.68. The van der Waals surface area contributed by atoms with Crippen molar-refractivity contribution in [2.45, 2.75) is 18.8 Å². The van der Waals surface area contributed by atoms with E-state index in [0.717, 1.165) is 29.1 Å². The Morgan fingerprint density at radius 1 is 1.33 bits per heavy atom. The van der Waals surface area contributed by atoms with Crippen LogP contribution in [0.4, 0.5) is 5.82 Å². The number of methoxy groups -OCH3 is 2. The molecule has 7 nitrogen and oxygen atoms in total. The molecule has 21 heavy (non-hydrogen) atoms. The van der Waals surface area contributed by atoms with Gasteiger partial charge in [-0.2, -0.15) is 0 Å². The quantitative estimate of drug-likeness (QED) is 0.625.